The lowest BCUT2D eigenvalue weighted by atomic mass is 10.0. The monoisotopic (exact) mass is 450 g/mol. The topological polar surface area (TPSA) is 88.4 Å². The van der Waals surface area contributed by atoms with Crippen molar-refractivity contribution in [3.8, 4) is 17.0 Å². The molecule has 7 nitrogen and oxygen atoms in total. The summed E-state index contributed by atoms with van der Waals surface area (Å²) in [6.45, 7) is 7.27. The fourth-order valence-corrected chi connectivity index (χ4v) is 3.64. The second-order valence-corrected chi connectivity index (χ2v) is 8.19. The minimum atomic E-state index is -0.737. The number of aryl methyl sites for hydroxylation is 1. The molecule has 1 heterocycles. The molecule has 1 unspecified atom stereocenters. The average molecular weight is 451 g/mol. The number of hydrogen-bond donors (Lipinski definition) is 3. The quantitative estimate of drug-likeness (QED) is 0.362. The van der Waals surface area contributed by atoms with Crippen molar-refractivity contribution < 1.29 is 14.6 Å². The molecule has 1 atom stereocenters. The van der Waals surface area contributed by atoms with Crippen LogP contribution in [0.15, 0.2) is 54.9 Å². The van der Waals surface area contributed by atoms with Crippen LogP contribution < -0.4 is 15.4 Å². The number of unbranched alkanes of at least 4 members (excludes halogenated alkanes) is 2. The Kier molecular flexibility index (Phi) is 8.89. The van der Waals surface area contributed by atoms with Gasteiger partial charge in [0.15, 0.2) is 0 Å². The van der Waals surface area contributed by atoms with Crippen molar-refractivity contribution in [1.82, 2.24) is 14.9 Å². The van der Waals surface area contributed by atoms with Crippen LogP contribution in [0.5, 0.6) is 5.75 Å². The van der Waals surface area contributed by atoms with Crippen LogP contribution in [0.25, 0.3) is 11.3 Å². The lowest BCUT2D eigenvalue weighted by molar-refractivity contribution is 0.0923. The SMILES string of the molecule is CCCCCNC(=O)Nc1ccccc1OCC(O)Cn1cnc(-c2ccccc2C)c1C. The highest BCUT2D eigenvalue weighted by Crippen LogP contribution is 2.26. The van der Waals surface area contributed by atoms with Gasteiger partial charge in [0, 0.05) is 17.8 Å². The van der Waals surface area contributed by atoms with Crippen LogP contribution >= 0.6 is 0 Å². The lowest BCUT2D eigenvalue weighted by Crippen LogP contribution is -2.30. The van der Waals surface area contributed by atoms with Gasteiger partial charge >= 0.3 is 6.03 Å². The van der Waals surface area contributed by atoms with Gasteiger partial charge in [-0.15, -0.1) is 0 Å². The van der Waals surface area contributed by atoms with Gasteiger partial charge < -0.3 is 25.0 Å². The number of ether oxygens (including phenoxy) is 1. The van der Waals surface area contributed by atoms with E-state index < -0.39 is 6.10 Å². The van der Waals surface area contributed by atoms with E-state index in [9.17, 15) is 9.90 Å². The molecule has 0 saturated heterocycles. The number of aliphatic hydroxyl groups is 1. The molecule has 3 aromatic rings. The Bertz CT molecular complexity index is 1050. The van der Waals surface area contributed by atoms with Crippen molar-refractivity contribution in [3.05, 3.63) is 66.1 Å². The van der Waals surface area contributed by atoms with Crippen molar-refractivity contribution in [3.63, 3.8) is 0 Å². The number of rotatable bonds is 11. The largest absolute Gasteiger partial charge is 0.489 e. The van der Waals surface area contributed by atoms with Crippen molar-refractivity contribution in [1.29, 1.82) is 0 Å². The normalized spacial score (nSPS) is 11.8. The number of aromatic nitrogens is 2. The fourth-order valence-electron chi connectivity index (χ4n) is 3.64. The van der Waals surface area contributed by atoms with Gasteiger partial charge in [-0.05, 0) is 38.0 Å². The Labute approximate surface area is 195 Å². The van der Waals surface area contributed by atoms with Crippen LogP contribution in [0.1, 0.15) is 37.4 Å². The van der Waals surface area contributed by atoms with Crippen molar-refractivity contribution in [2.45, 2.75) is 52.7 Å². The molecule has 0 radical (unpaired) electrons. The molecule has 7 heteroatoms. The maximum absolute atomic E-state index is 12.2. The Morgan fingerprint density at radius 3 is 2.67 bits per heavy atom. The molecular weight excluding hydrogens is 416 g/mol. The Morgan fingerprint density at radius 2 is 1.88 bits per heavy atom. The molecule has 2 aromatic carbocycles. The number of anilines is 1. The minimum absolute atomic E-state index is 0.0914. The number of aliphatic hydroxyl groups excluding tert-OH is 1. The van der Waals surface area contributed by atoms with E-state index in [2.05, 4.69) is 41.6 Å². The number of urea groups is 1. The lowest BCUT2D eigenvalue weighted by Gasteiger charge is -2.17. The third-order valence-electron chi connectivity index (χ3n) is 5.54. The number of hydrogen-bond acceptors (Lipinski definition) is 4. The molecular formula is C26H34N4O3. The van der Waals surface area contributed by atoms with E-state index in [1.54, 1.807) is 18.5 Å². The Hall–Kier alpha value is -3.32. The first kappa shape index (κ1) is 24.3. The van der Waals surface area contributed by atoms with Gasteiger partial charge in [-0.25, -0.2) is 9.78 Å². The number of benzene rings is 2. The molecule has 2 amide bonds. The number of imidazole rings is 1. The van der Waals surface area contributed by atoms with E-state index in [4.69, 9.17) is 4.74 Å². The van der Waals surface area contributed by atoms with Crippen LogP contribution in [-0.4, -0.2) is 39.9 Å². The second kappa shape index (κ2) is 12.1. The third kappa shape index (κ3) is 6.83. The standard InChI is InChI=1S/C26H34N4O3/c1-4-5-10-15-27-26(32)29-23-13-8-9-14-24(23)33-17-21(31)16-30-18-28-25(20(30)3)22-12-7-6-11-19(22)2/h6-9,11-14,18,21,31H,4-5,10,15-17H2,1-3H3,(H2,27,29,32). The van der Waals surface area contributed by atoms with E-state index in [0.717, 1.165) is 41.8 Å². The summed E-state index contributed by atoms with van der Waals surface area (Å²) in [6, 6.07) is 15.1. The van der Waals surface area contributed by atoms with E-state index >= 15 is 0 Å². The third-order valence-corrected chi connectivity index (χ3v) is 5.54. The fraction of sp³-hybridized carbons (Fsp3) is 0.385. The summed E-state index contributed by atoms with van der Waals surface area (Å²) in [7, 11) is 0. The molecule has 0 spiro atoms. The number of carbonyl (C=O) groups is 1. The first-order valence-corrected chi connectivity index (χ1v) is 11.5. The summed E-state index contributed by atoms with van der Waals surface area (Å²) in [5, 5.41) is 16.3. The number of carbonyl (C=O) groups excluding carboxylic acids is 1. The summed E-state index contributed by atoms with van der Waals surface area (Å²) in [6.07, 6.45) is 4.15. The second-order valence-electron chi connectivity index (χ2n) is 8.19. The van der Waals surface area contributed by atoms with Crippen molar-refractivity contribution >= 4 is 11.7 Å². The zero-order chi connectivity index (χ0) is 23.6. The summed E-state index contributed by atoms with van der Waals surface area (Å²) in [4.78, 5) is 16.7. The average Bonchev–Trinajstić information content (AvgIpc) is 3.16. The van der Waals surface area contributed by atoms with E-state index in [0.29, 0.717) is 24.5 Å². The van der Waals surface area contributed by atoms with Crippen LogP contribution in [0.3, 0.4) is 0 Å². The van der Waals surface area contributed by atoms with Crippen LogP contribution in [0, 0.1) is 13.8 Å². The molecule has 3 rings (SSSR count). The molecule has 1 aromatic heterocycles. The van der Waals surface area contributed by atoms with Crippen LogP contribution in [0.2, 0.25) is 0 Å². The zero-order valence-electron chi connectivity index (χ0n) is 19.7. The van der Waals surface area contributed by atoms with Gasteiger partial charge in [-0.2, -0.15) is 0 Å². The highest BCUT2D eigenvalue weighted by atomic mass is 16.5. The van der Waals surface area contributed by atoms with Crippen molar-refractivity contribution in [2.75, 3.05) is 18.5 Å². The first-order chi connectivity index (χ1) is 16.0. The number of para-hydroxylation sites is 2. The molecule has 0 aliphatic carbocycles. The summed E-state index contributed by atoms with van der Waals surface area (Å²) in [5.74, 6) is 0.517. The molecule has 176 valence electrons. The molecule has 0 bridgehead atoms. The summed E-state index contributed by atoms with van der Waals surface area (Å²) >= 11 is 0. The summed E-state index contributed by atoms with van der Waals surface area (Å²) < 4.78 is 7.77. The highest BCUT2D eigenvalue weighted by Gasteiger charge is 2.15. The molecule has 0 aliphatic rings. The molecule has 3 N–H and O–H groups in total. The number of nitrogens with one attached hydrogen (secondary N) is 2. The Morgan fingerprint density at radius 1 is 1.12 bits per heavy atom. The molecule has 33 heavy (non-hydrogen) atoms. The van der Waals surface area contributed by atoms with Crippen LogP contribution in [0.4, 0.5) is 10.5 Å². The van der Waals surface area contributed by atoms with E-state index in [-0.39, 0.29) is 12.6 Å². The van der Waals surface area contributed by atoms with Gasteiger partial charge in [0.25, 0.3) is 0 Å². The van der Waals surface area contributed by atoms with Gasteiger partial charge in [-0.1, -0.05) is 56.2 Å². The highest BCUT2D eigenvalue weighted by molar-refractivity contribution is 5.90. The van der Waals surface area contributed by atoms with Gasteiger partial charge in [0.2, 0.25) is 0 Å². The Balaban J connectivity index is 1.56. The van der Waals surface area contributed by atoms with E-state index in [1.165, 1.54) is 0 Å². The number of nitrogens with zero attached hydrogens (tertiary/aromatic N) is 2. The predicted molar refractivity (Wildman–Crippen MR) is 132 cm³/mol. The zero-order valence-corrected chi connectivity index (χ0v) is 19.7. The van der Waals surface area contributed by atoms with Crippen LogP contribution in [-0.2, 0) is 6.54 Å². The van der Waals surface area contributed by atoms with Crippen molar-refractivity contribution in [2.24, 2.45) is 0 Å². The maximum atomic E-state index is 12.2. The van der Waals surface area contributed by atoms with Gasteiger partial charge in [0.05, 0.1) is 24.3 Å². The van der Waals surface area contributed by atoms with E-state index in [1.807, 2.05) is 35.8 Å². The number of amides is 2. The first-order valence-electron chi connectivity index (χ1n) is 11.5. The predicted octanol–water partition coefficient (Wildman–Crippen LogP) is 4.92. The smallest absolute Gasteiger partial charge is 0.319 e. The summed E-state index contributed by atoms with van der Waals surface area (Å²) in [5.41, 5.74) is 4.73. The van der Waals surface area contributed by atoms with Gasteiger partial charge in [0.1, 0.15) is 18.5 Å². The van der Waals surface area contributed by atoms with Gasteiger partial charge in [-0.3, -0.25) is 0 Å². The maximum Gasteiger partial charge on any atom is 0.319 e. The minimum Gasteiger partial charge on any atom is -0.489 e. The molecule has 0 fully saturated rings. The molecule has 0 saturated carbocycles. The molecule has 0 aliphatic heterocycles.